The van der Waals surface area contributed by atoms with Crippen molar-refractivity contribution in [2.75, 3.05) is 5.75 Å². The molecule has 31 heavy (non-hydrogen) atoms. The number of nitrogens with zero attached hydrogens (tertiary/aromatic N) is 3. The van der Waals surface area contributed by atoms with Gasteiger partial charge >= 0.3 is 0 Å². The molecule has 0 aliphatic rings. The van der Waals surface area contributed by atoms with Gasteiger partial charge in [-0.1, -0.05) is 63.0 Å². The van der Waals surface area contributed by atoms with Gasteiger partial charge in [-0.05, 0) is 44.2 Å². The Hall–Kier alpha value is -1.87. The zero-order valence-electron chi connectivity index (χ0n) is 16.7. The Morgan fingerprint density at radius 3 is 2.42 bits per heavy atom. The predicted octanol–water partition coefficient (Wildman–Crippen LogP) is 5.83. The first-order valence-corrected chi connectivity index (χ1v) is 11.9. The third-order valence-electron chi connectivity index (χ3n) is 4.48. The zero-order valence-corrected chi connectivity index (χ0v) is 20.6. The molecule has 1 atom stereocenters. The highest BCUT2D eigenvalue weighted by Crippen LogP contribution is 2.24. The van der Waals surface area contributed by atoms with Crippen molar-refractivity contribution in [3.05, 3.63) is 73.9 Å². The lowest BCUT2D eigenvalue weighted by atomic mass is 10.2. The average Bonchev–Trinajstić information content (AvgIpc) is 3.17. The number of carbonyl (C=O) groups is 2. The number of aromatic nitrogens is 3. The number of Topliss-reactive ketones (excluding diaryl/α,β-unsaturated/α-hetero) is 1. The van der Waals surface area contributed by atoms with Crippen LogP contribution >= 0.6 is 50.9 Å². The molecule has 3 aromatic rings. The zero-order chi connectivity index (χ0) is 22.5. The van der Waals surface area contributed by atoms with E-state index in [2.05, 4.69) is 31.4 Å². The van der Waals surface area contributed by atoms with Crippen LogP contribution in [0.25, 0.3) is 0 Å². The fourth-order valence-electron chi connectivity index (χ4n) is 2.86. The standard InChI is InChI=1S/C21H19BrCl2N4O2S/c1-3-28-19(12(2)25-20(30)14-6-9-16(23)17(24)10-14)26-27-21(28)31-11-18(29)13-4-7-15(22)8-5-13/h4-10,12H,3,11H2,1-2H3,(H,25,30)/t12-/m1/s1. The largest absolute Gasteiger partial charge is 0.342 e. The van der Waals surface area contributed by atoms with Gasteiger partial charge in [0.25, 0.3) is 5.91 Å². The number of ketones is 1. The summed E-state index contributed by atoms with van der Waals surface area (Å²) in [7, 11) is 0. The molecule has 0 bridgehead atoms. The average molecular weight is 542 g/mol. The van der Waals surface area contributed by atoms with Crippen LogP contribution in [0.3, 0.4) is 0 Å². The number of carbonyl (C=O) groups excluding carboxylic acids is 2. The summed E-state index contributed by atoms with van der Waals surface area (Å²) < 4.78 is 2.81. The summed E-state index contributed by atoms with van der Waals surface area (Å²) in [5.41, 5.74) is 1.04. The molecular weight excluding hydrogens is 523 g/mol. The van der Waals surface area contributed by atoms with E-state index < -0.39 is 6.04 Å². The molecule has 0 saturated carbocycles. The number of amides is 1. The topological polar surface area (TPSA) is 76.9 Å². The van der Waals surface area contributed by atoms with Gasteiger partial charge in [0.1, 0.15) is 0 Å². The summed E-state index contributed by atoms with van der Waals surface area (Å²) in [5, 5.41) is 12.7. The first kappa shape index (κ1) is 23.8. The molecular formula is C21H19BrCl2N4O2S. The summed E-state index contributed by atoms with van der Waals surface area (Å²) >= 11 is 16.6. The summed E-state index contributed by atoms with van der Waals surface area (Å²) in [6.07, 6.45) is 0. The fourth-order valence-corrected chi connectivity index (χ4v) is 4.32. The van der Waals surface area contributed by atoms with E-state index in [4.69, 9.17) is 23.2 Å². The molecule has 1 heterocycles. The third-order valence-corrected chi connectivity index (χ3v) is 6.71. The van der Waals surface area contributed by atoms with Crippen LogP contribution in [0.1, 0.15) is 46.4 Å². The Kier molecular flexibility index (Phi) is 8.16. The van der Waals surface area contributed by atoms with Crippen molar-refractivity contribution in [2.45, 2.75) is 31.6 Å². The van der Waals surface area contributed by atoms with Crippen molar-refractivity contribution >= 4 is 62.6 Å². The van der Waals surface area contributed by atoms with Crippen LogP contribution in [0.5, 0.6) is 0 Å². The maximum absolute atomic E-state index is 12.6. The minimum Gasteiger partial charge on any atom is -0.342 e. The monoisotopic (exact) mass is 540 g/mol. The third kappa shape index (κ3) is 5.88. The van der Waals surface area contributed by atoms with E-state index in [0.717, 1.165) is 4.47 Å². The molecule has 0 radical (unpaired) electrons. The molecule has 0 saturated heterocycles. The van der Waals surface area contributed by atoms with Gasteiger partial charge in [0, 0.05) is 22.1 Å². The molecule has 2 aromatic carbocycles. The summed E-state index contributed by atoms with van der Waals surface area (Å²) in [6, 6.07) is 11.5. The number of hydrogen-bond acceptors (Lipinski definition) is 5. The van der Waals surface area contributed by atoms with E-state index in [1.54, 1.807) is 24.3 Å². The van der Waals surface area contributed by atoms with Gasteiger partial charge in [-0.3, -0.25) is 9.59 Å². The molecule has 10 heteroatoms. The number of hydrogen-bond donors (Lipinski definition) is 1. The van der Waals surface area contributed by atoms with Crippen LogP contribution in [0.4, 0.5) is 0 Å². The Bertz CT molecular complexity index is 1110. The fraction of sp³-hybridized carbons (Fsp3) is 0.238. The molecule has 3 rings (SSSR count). The highest BCUT2D eigenvalue weighted by atomic mass is 79.9. The molecule has 1 N–H and O–H groups in total. The van der Waals surface area contributed by atoms with Gasteiger partial charge in [0.2, 0.25) is 0 Å². The van der Waals surface area contributed by atoms with Crippen molar-refractivity contribution < 1.29 is 9.59 Å². The lowest BCUT2D eigenvalue weighted by Gasteiger charge is -2.15. The molecule has 0 spiro atoms. The van der Waals surface area contributed by atoms with Gasteiger partial charge in [0.15, 0.2) is 16.8 Å². The van der Waals surface area contributed by atoms with Crippen molar-refractivity contribution in [3.8, 4) is 0 Å². The van der Waals surface area contributed by atoms with Crippen LogP contribution in [0.15, 0.2) is 52.1 Å². The van der Waals surface area contributed by atoms with Gasteiger partial charge in [-0.2, -0.15) is 0 Å². The van der Waals surface area contributed by atoms with Crippen LogP contribution in [0, 0.1) is 0 Å². The lowest BCUT2D eigenvalue weighted by Crippen LogP contribution is -2.28. The highest BCUT2D eigenvalue weighted by Gasteiger charge is 2.20. The van der Waals surface area contributed by atoms with E-state index in [0.29, 0.717) is 38.7 Å². The van der Waals surface area contributed by atoms with Crippen LogP contribution in [-0.4, -0.2) is 32.2 Å². The Morgan fingerprint density at radius 2 is 1.77 bits per heavy atom. The van der Waals surface area contributed by atoms with Gasteiger partial charge in [-0.25, -0.2) is 0 Å². The predicted molar refractivity (Wildman–Crippen MR) is 127 cm³/mol. The number of rotatable bonds is 8. The number of halogens is 3. The van der Waals surface area contributed by atoms with E-state index in [-0.39, 0.29) is 17.4 Å². The van der Waals surface area contributed by atoms with E-state index >= 15 is 0 Å². The number of nitrogens with one attached hydrogen (secondary N) is 1. The molecule has 0 unspecified atom stereocenters. The first-order chi connectivity index (χ1) is 14.8. The minimum atomic E-state index is -0.397. The second-order valence-corrected chi connectivity index (χ2v) is 9.30. The minimum absolute atomic E-state index is 0.00525. The first-order valence-electron chi connectivity index (χ1n) is 9.40. The lowest BCUT2D eigenvalue weighted by molar-refractivity contribution is 0.0936. The maximum atomic E-state index is 12.6. The summed E-state index contributed by atoms with van der Waals surface area (Å²) in [4.78, 5) is 25.0. The van der Waals surface area contributed by atoms with Crippen molar-refractivity contribution in [1.29, 1.82) is 0 Å². The number of benzene rings is 2. The molecule has 0 aliphatic heterocycles. The molecule has 0 fully saturated rings. The highest BCUT2D eigenvalue weighted by molar-refractivity contribution is 9.10. The Morgan fingerprint density at radius 1 is 1.10 bits per heavy atom. The quantitative estimate of drug-likeness (QED) is 0.286. The van der Waals surface area contributed by atoms with Crippen LogP contribution in [-0.2, 0) is 6.54 Å². The van der Waals surface area contributed by atoms with Gasteiger partial charge in [0.05, 0.1) is 21.8 Å². The van der Waals surface area contributed by atoms with E-state index in [9.17, 15) is 9.59 Å². The van der Waals surface area contributed by atoms with Crippen LogP contribution in [0.2, 0.25) is 10.0 Å². The second-order valence-electron chi connectivity index (χ2n) is 6.63. The molecule has 6 nitrogen and oxygen atoms in total. The SMILES string of the molecule is CCn1c(SCC(=O)c2ccc(Br)cc2)nnc1[C@@H](C)NC(=O)c1ccc(Cl)c(Cl)c1. The Labute approximate surface area is 202 Å². The van der Waals surface area contributed by atoms with E-state index in [1.807, 2.05) is 30.5 Å². The Balaban J connectivity index is 1.68. The number of thioether (sulfide) groups is 1. The summed E-state index contributed by atoms with van der Waals surface area (Å²) in [6.45, 7) is 4.39. The van der Waals surface area contributed by atoms with Gasteiger partial charge in [-0.15, -0.1) is 10.2 Å². The van der Waals surface area contributed by atoms with Crippen molar-refractivity contribution in [2.24, 2.45) is 0 Å². The normalized spacial score (nSPS) is 11.9. The van der Waals surface area contributed by atoms with Crippen LogP contribution < -0.4 is 5.32 Å². The molecule has 0 aliphatic carbocycles. The van der Waals surface area contributed by atoms with E-state index in [1.165, 1.54) is 17.8 Å². The smallest absolute Gasteiger partial charge is 0.251 e. The second kappa shape index (κ2) is 10.6. The van der Waals surface area contributed by atoms with Crippen molar-refractivity contribution in [1.82, 2.24) is 20.1 Å². The van der Waals surface area contributed by atoms with Crippen molar-refractivity contribution in [3.63, 3.8) is 0 Å². The molecule has 162 valence electrons. The molecule has 1 aromatic heterocycles. The summed E-state index contributed by atoms with van der Waals surface area (Å²) in [5.74, 6) is 0.556. The maximum Gasteiger partial charge on any atom is 0.251 e. The van der Waals surface area contributed by atoms with Gasteiger partial charge < -0.3 is 9.88 Å². The molecule has 1 amide bonds.